The van der Waals surface area contributed by atoms with Gasteiger partial charge in [-0.05, 0) is 55.8 Å². The van der Waals surface area contributed by atoms with Crippen LogP contribution >= 0.6 is 0 Å². The zero-order valence-corrected chi connectivity index (χ0v) is 13.9. The summed E-state index contributed by atoms with van der Waals surface area (Å²) >= 11 is 0. The normalized spacial score (nSPS) is 40.2. The maximum Gasteiger partial charge on any atom is 0.239 e. The Morgan fingerprint density at radius 2 is 2.00 bits per heavy atom. The third-order valence-electron chi connectivity index (χ3n) is 6.93. The standard InChI is InChI=1S/C17H30N2O2/c1-15(2)11-7-8-16(15,3)13(9-11)21-10-17(4,14(18)20)19-12-5-6-12/h11-13,19H,5-10H2,1-4H3,(H2,18,20). The number of hydrogen-bond donors (Lipinski definition) is 2. The predicted octanol–water partition coefficient (Wildman–Crippen LogP) is 2.21. The highest BCUT2D eigenvalue weighted by Crippen LogP contribution is 2.66. The predicted molar refractivity (Wildman–Crippen MR) is 82.7 cm³/mol. The van der Waals surface area contributed by atoms with Crippen LogP contribution in [0.1, 0.15) is 59.8 Å². The zero-order valence-electron chi connectivity index (χ0n) is 13.9. The van der Waals surface area contributed by atoms with Crippen molar-refractivity contribution < 1.29 is 9.53 Å². The van der Waals surface area contributed by atoms with Crippen LogP contribution in [0.15, 0.2) is 0 Å². The summed E-state index contributed by atoms with van der Waals surface area (Å²) in [5.74, 6) is 0.450. The molecule has 0 spiro atoms. The van der Waals surface area contributed by atoms with Crippen LogP contribution in [-0.2, 0) is 9.53 Å². The third-order valence-corrected chi connectivity index (χ3v) is 6.93. The van der Waals surface area contributed by atoms with Gasteiger partial charge in [-0.2, -0.15) is 0 Å². The molecule has 3 N–H and O–H groups in total. The summed E-state index contributed by atoms with van der Waals surface area (Å²) in [6.45, 7) is 9.39. The summed E-state index contributed by atoms with van der Waals surface area (Å²) in [6, 6.07) is 0.443. The number of carbonyl (C=O) groups excluding carboxylic acids is 1. The Kier molecular flexibility index (Phi) is 3.42. The van der Waals surface area contributed by atoms with Crippen molar-refractivity contribution in [2.24, 2.45) is 22.5 Å². The zero-order chi connectivity index (χ0) is 15.5. The van der Waals surface area contributed by atoms with E-state index in [0.29, 0.717) is 18.1 Å². The molecule has 3 aliphatic carbocycles. The minimum Gasteiger partial charge on any atom is -0.375 e. The number of primary amides is 1. The molecular weight excluding hydrogens is 264 g/mol. The number of nitrogens with one attached hydrogen (secondary N) is 1. The van der Waals surface area contributed by atoms with Crippen molar-refractivity contribution in [3.8, 4) is 0 Å². The number of rotatable bonds is 6. The van der Waals surface area contributed by atoms with Crippen molar-refractivity contribution in [1.82, 2.24) is 5.32 Å². The van der Waals surface area contributed by atoms with Gasteiger partial charge in [-0.15, -0.1) is 0 Å². The van der Waals surface area contributed by atoms with E-state index in [1.807, 2.05) is 6.92 Å². The molecule has 1 amide bonds. The molecule has 0 radical (unpaired) electrons. The van der Waals surface area contributed by atoms with Crippen LogP contribution in [0.2, 0.25) is 0 Å². The fourth-order valence-corrected chi connectivity index (χ4v) is 4.51. The van der Waals surface area contributed by atoms with Crippen LogP contribution in [0, 0.1) is 16.7 Å². The van der Waals surface area contributed by atoms with Gasteiger partial charge in [0.15, 0.2) is 0 Å². The Morgan fingerprint density at radius 3 is 2.43 bits per heavy atom. The molecule has 0 aromatic heterocycles. The molecule has 0 aromatic rings. The van der Waals surface area contributed by atoms with Crippen molar-refractivity contribution >= 4 is 5.91 Å². The molecule has 0 aliphatic heterocycles. The summed E-state index contributed by atoms with van der Waals surface area (Å²) < 4.78 is 6.27. The smallest absolute Gasteiger partial charge is 0.239 e. The first-order valence-corrected chi connectivity index (χ1v) is 8.38. The van der Waals surface area contributed by atoms with Crippen molar-refractivity contribution in [3.63, 3.8) is 0 Å². The molecule has 4 nitrogen and oxygen atoms in total. The average Bonchev–Trinajstić information content (AvgIpc) is 3.14. The van der Waals surface area contributed by atoms with Crippen LogP contribution in [0.5, 0.6) is 0 Å². The maximum atomic E-state index is 11.8. The highest BCUT2D eigenvalue weighted by atomic mass is 16.5. The van der Waals surface area contributed by atoms with Gasteiger partial charge in [0.1, 0.15) is 5.54 Å². The fraction of sp³-hybridized carbons (Fsp3) is 0.941. The molecule has 2 bridgehead atoms. The monoisotopic (exact) mass is 294 g/mol. The van der Waals surface area contributed by atoms with Gasteiger partial charge in [0.25, 0.3) is 0 Å². The number of nitrogens with two attached hydrogens (primary N) is 1. The summed E-state index contributed by atoms with van der Waals surface area (Å²) in [5, 5.41) is 3.37. The van der Waals surface area contributed by atoms with Gasteiger partial charge < -0.3 is 10.5 Å². The van der Waals surface area contributed by atoms with E-state index in [1.54, 1.807) is 0 Å². The Bertz CT molecular complexity index is 446. The Labute approximate surface area is 128 Å². The molecule has 120 valence electrons. The molecule has 21 heavy (non-hydrogen) atoms. The van der Waals surface area contributed by atoms with Crippen LogP contribution in [0.3, 0.4) is 0 Å². The first-order chi connectivity index (χ1) is 9.69. The van der Waals surface area contributed by atoms with Crippen molar-refractivity contribution in [2.75, 3.05) is 6.61 Å². The number of hydrogen-bond acceptors (Lipinski definition) is 3. The van der Waals surface area contributed by atoms with E-state index in [-0.39, 0.29) is 17.4 Å². The van der Waals surface area contributed by atoms with E-state index in [9.17, 15) is 4.79 Å². The van der Waals surface area contributed by atoms with Gasteiger partial charge >= 0.3 is 0 Å². The molecule has 3 fully saturated rings. The minimum atomic E-state index is -0.733. The quantitative estimate of drug-likeness (QED) is 0.789. The summed E-state index contributed by atoms with van der Waals surface area (Å²) in [6.07, 6.45) is 6.21. The summed E-state index contributed by atoms with van der Waals surface area (Å²) in [7, 11) is 0. The van der Waals surface area contributed by atoms with Gasteiger partial charge in [-0.25, -0.2) is 0 Å². The molecule has 4 heteroatoms. The van der Waals surface area contributed by atoms with Gasteiger partial charge in [-0.3, -0.25) is 10.1 Å². The lowest BCUT2D eigenvalue weighted by Crippen LogP contribution is -2.58. The minimum absolute atomic E-state index is 0.232. The van der Waals surface area contributed by atoms with Crippen molar-refractivity contribution in [1.29, 1.82) is 0 Å². The van der Waals surface area contributed by atoms with Crippen LogP contribution in [0.25, 0.3) is 0 Å². The number of fused-ring (bicyclic) bond motifs is 2. The van der Waals surface area contributed by atoms with Gasteiger partial charge in [0.2, 0.25) is 5.91 Å². The van der Waals surface area contributed by atoms with E-state index in [2.05, 4.69) is 26.1 Å². The number of amides is 1. The molecule has 0 heterocycles. The number of carbonyl (C=O) groups is 1. The van der Waals surface area contributed by atoms with E-state index < -0.39 is 5.54 Å². The Hall–Kier alpha value is -0.610. The first kappa shape index (κ1) is 15.3. The molecule has 3 rings (SSSR count). The molecular formula is C17H30N2O2. The molecule has 0 aromatic carbocycles. The molecule has 3 aliphatic rings. The maximum absolute atomic E-state index is 11.8. The SMILES string of the molecule is CC(COC1CC2CCC1(C)C2(C)C)(NC1CC1)C(N)=O. The van der Waals surface area contributed by atoms with Crippen molar-refractivity contribution in [3.05, 3.63) is 0 Å². The lowest BCUT2D eigenvalue weighted by atomic mass is 9.70. The van der Waals surface area contributed by atoms with Gasteiger partial charge in [0.05, 0.1) is 12.7 Å². The highest BCUT2D eigenvalue weighted by molar-refractivity contribution is 5.84. The van der Waals surface area contributed by atoms with Crippen LogP contribution in [0.4, 0.5) is 0 Å². The summed E-state index contributed by atoms with van der Waals surface area (Å²) in [4.78, 5) is 11.8. The van der Waals surface area contributed by atoms with Crippen molar-refractivity contribution in [2.45, 2.75) is 77.5 Å². The second kappa shape index (κ2) is 4.69. The second-order valence-electron chi connectivity index (χ2n) is 8.53. The van der Waals surface area contributed by atoms with E-state index >= 15 is 0 Å². The van der Waals surface area contributed by atoms with Crippen LogP contribution < -0.4 is 11.1 Å². The summed E-state index contributed by atoms with van der Waals surface area (Å²) in [5.41, 5.74) is 5.45. The molecule has 4 unspecified atom stereocenters. The first-order valence-electron chi connectivity index (χ1n) is 8.38. The average molecular weight is 294 g/mol. The lowest BCUT2D eigenvalue weighted by molar-refractivity contribution is -0.130. The van der Waals surface area contributed by atoms with Gasteiger partial charge in [0, 0.05) is 6.04 Å². The van der Waals surface area contributed by atoms with E-state index in [4.69, 9.17) is 10.5 Å². The second-order valence-corrected chi connectivity index (χ2v) is 8.53. The lowest BCUT2D eigenvalue weighted by Gasteiger charge is -2.40. The Balaban J connectivity index is 1.66. The largest absolute Gasteiger partial charge is 0.375 e. The van der Waals surface area contributed by atoms with Crippen LogP contribution in [-0.4, -0.2) is 30.2 Å². The fourth-order valence-electron chi connectivity index (χ4n) is 4.51. The van der Waals surface area contributed by atoms with Gasteiger partial charge in [-0.1, -0.05) is 20.8 Å². The highest BCUT2D eigenvalue weighted by Gasteiger charge is 2.62. The number of ether oxygens (including phenoxy) is 1. The molecule has 0 saturated heterocycles. The van der Waals surface area contributed by atoms with E-state index in [0.717, 1.165) is 25.2 Å². The molecule has 4 atom stereocenters. The molecule has 3 saturated carbocycles. The third kappa shape index (κ3) is 2.31. The topological polar surface area (TPSA) is 64.3 Å². The Morgan fingerprint density at radius 1 is 1.33 bits per heavy atom. The van der Waals surface area contributed by atoms with E-state index in [1.165, 1.54) is 12.8 Å².